The molecule has 0 amide bonds. The van der Waals surface area contributed by atoms with Crippen LogP contribution in [-0.2, 0) is 18.3 Å². The van der Waals surface area contributed by atoms with Crippen LogP contribution in [0.3, 0.4) is 0 Å². The fourth-order valence-electron chi connectivity index (χ4n) is 14.1. The quantitative estimate of drug-likeness (QED) is 0.0906. The summed E-state index contributed by atoms with van der Waals surface area (Å²) in [5, 5.41) is 0. The van der Waals surface area contributed by atoms with Gasteiger partial charge in [0, 0.05) is 0 Å². The van der Waals surface area contributed by atoms with E-state index in [1.54, 1.807) is 0 Å². The van der Waals surface area contributed by atoms with E-state index in [0.29, 0.717) is 82.3 Å². The molecule has 0 aromatic heterocycles. The second kappa shape index (κ2) is 39.2. The Hall–Kier alpha value is -4.68. The molecule has 0 heteroatoms. The summed E-state index contributed by atoms with van der Waals surface area (Å²) in [7, 11) is 0. The van der Waals surface area contributed by atoms with Gasteiger partial charge in [0.25, 0.3) is 0 Å². The van der Waals surface area contributed by atoms with Crippen molar-refractivity contribution in [3.05, 3.63) is 207 Å². The molecule has 534 valence electrons. The van der Waals surface area contributed by atoms with Crippen LogP contribution in [0.5, 0.6) is 0 Å². The Morgan fingerprint density at radius 1 is 0.253 bits per heavy atom. The molecule has 0 aliphatic heterocycles. The lowest BCUT2D eigenvalue weighted by molar-refractivity contribution is 0.411. The van der Waals surface area contributed by atoms with Gasteiger partial charge in [0.2, 0.25) is 0 Å². The summed E-state index contributed by atoms with van der Waals surface area (Å²) in [6.45, 7) is 93.6. The number of aryl methyl sites for hydroxylation is 1. The summed E-state index contributed by atoms with van der Waals surface area (Å²) in [4.78, 5) is 0. The average molecular weight is 1300 g/mol. The van der Waals surface area contributed by atoms with Crippen molar-refractivity contribution >= 4 is 0 Å². The van der Waals surface area contributed by atoms with Crippen molar-refractivity contribution in [1.29, 1.82) is 0 Å². The van der Waals surface area contributed by atoms with Gasteiger partial charge in [0.15, 0.2) is 0 Å². The molecule has 0 radical (unpaired) electrons. The SMILES string of the molecule is Cc1c(C(C)C)cc(C(C)(C)C)cc1C(C)C.Cc1c(C(C)C)cc(C(C)C)cc1C(C)C.Cc1c(C(C)C)cc(CC(C)(C)C)cc1C(C)C.Cc1c(C(C)C)cc(CC(C)C)cc1C(C)C.Cc1c(C(C)C)cccc1C(C)C.Cc1cc(C(C)C)c(C)c(C(C)C)c1. The Balaban J connectivity index is 0.000000572. The minimum Gasteiger partial charge on any atom is -0.0625 e. The van der Waals surface area contributed by atoms with Crippen LogP contribution in [0.1, 0.15) is 440 Å². The van der Waals surface area contributed by atoms with Gasteiger partial charge in [0.05, 0.1) is 0 Å². The maximum atomic E-state index is 2.43. The number of hydrogen-bond donors (Lipinski definition) is 0. The highest BCUT2D eigenvalue weighted by molar-refractivity contribution is 5.47. The van der Waals surface area contributed by atoms with Crippen LogP contribution in [-0.4, -0.2) is 0 Å². The van der Waals surface area contributed by atoms with Crippen LogP contribution in [0.15, 0.2) is 78.9 Å². The van der Waals surface area contributed by atoms with E-state index in [9.17, 15) is 0 Å². The van der Waals surface area contributed by atoms with Gasteiger partial charge in [-0.05, 0) is 277 Å². The van der Waals surface area contributed by atoms with Crippen LogP contribution in [0, 0.1) is 59.8 Å². The lowest BCUT2D eigenvalue weighted by Gasteiger charge is -2.25. The van der Waals surface area contributed by atoms with Gasteiger partial charge in [-0.2, -0.15) is 0 Å². The van der Waals surface area contributed by atoms with E-state index in [4.69, 9.17) is 0 Å². The lowest BCUT2D eigenvalue weighted by atomic mass is 9.80. The molecule has 0 saturated carbocycles. The first-order valence-corrected chi connectivity index (χ1v) is 38.2. The molecule has 6 aromatic carbocycles. The third-order valence-corrected chi connectivity index (χ3v) is 19.5. The number of hydrogen-bond acceptors (Lipinski definition) is 0. The molecule has 6 aromatic rings. The number of benzene rings is 6. The first-order chi connectivity index (χ1) is 43.4. The van der Waals surface area contributed by atoms with E-state index < -0.39 is 0 Å². The maximum absolute atomic E-state index is 2.43. The van der Waals surface area contributed by atoms with Gasteiger partial charge in [-0.3, -0.25) is 0 Å². The zero-order valence-corrected chi connectivity index (χ0v) is 70.5. The van der Waals surface area contributed by atoms with E-state index in [1.165, 1.54) is 134 Å². The third-order valence-electron chi connectivity index (χ3n) is 19.5. The first kappa shape index (κ1) is 88.3. The first-order valence-electron chi connectivity index (χ1n) is 38.2. The summed E-state index contributed by atoms with van der Waals surface area (Å²) in [5.74, 6) is 8.83. The minimum absolute atomic E-state index is 0.237. The molecule has 0 spiro atoms. The minimum atomic E-state index is 0.237. The third kappa shape index (κ3) is 27.9. The van der Waals surface area contributed by atoms with Crippen molar-refractivity contribution in [2.75, 3.05) is 0 Å². The largest absolute Gasteiger partial charge is 0.0625 e. The Morgan fingerprint density at radius 3 is 0.695 bits per heavy atom. The van der Waals surface area contributed by atoms with Crippen LogP contribution >= 0.6 is 0 Å². The molecule has 0 atom stereocenters. The maximum Gasteiger partial charge on any atom is -0.0132 e. The summed E-state index contributed by atoms with van der Waals surface area (Å²) in [6, 6.07) is 30.6. The Labute approximate surface area is 593 Å². The van der Waals surface area contributed by atoms with E-state index in [0.717, 1.165) is 12.3 Å². The molecule has 95 heavy (non-hydrogen) atoms. The standard InChI is InChI=1S/C18H30.2C17H28.C16H26.C14H22.C13H20/c1-12(2)16-9-15(11-18(6,7)8)10-17(13(3)4)14(16)5;1-11(2)15-9-14(17(6,7)8)10-16(12(3)4)13(15)5;1-11(2)8-15-9-16(12(3)4)14(7)17(10-15)13(5)6;1-10(2)14-8-15(11(3)4)13(7)16(9-14)12(5)6;1-9(2)13-7-11(5)8-14(10(3)4)12(13)6;1-9(2)12-7-6-8-13(10(3)4)11(12)5/h9-10,12-13H,11H2,1-8H3;9-12H,1-8H3;9-13H,8H2,1-7H3;8-12H,1-7H3;7-10H,1-6H3;6-10H,1-5H3. The van der Waals surface area contributed by atoms with Crippen molar-refractivity contribution in [2.45, 2.75) is 379 Å². The van der Waals surface area contributed by atoms with E-state index in [2.05, 4.69) is 363 Å². The smallest absolute Gasteiger partial charge is 0.0132 e. The molecule has 6 rings (SSSR count). The summed E-state index contributed by atoms with van der Waals surface area (Å²) >= 11 is 0. The van der Waals surface area contributed by atoms with Crippen LogP contribution in [0.2, 0.25) is 0 Å². The van der Waals surface area contributed by atoms with Gasteiger partial charge in [-0.1, -0.05) is 320 Å². The highest BCUT2D eigenvalue weighted by atomic mass is 14.3. The molecule has 0 N–H and O–H groups in total. The zero-order chi connectivity index (χ0) is 74.0. The fourth-order valence-corrected chi connectivity index (χ4v) is 14.1. The van der Waals surface area contributed by atoms with E-state index in [1.807, 2.05) is 0 Å². The van der Waals surface area contributed by atoms with Crippen LogP contribution in [0.25, 0.3) is 0 Å². The van der Waals surface area contributed by atoms with Crippen molar-refractivity contribution < 1.29 is 0 Å². The molecular weight excluding hydrogens is 1140 g/mol. The molecule has 0 fully saturated rings. The monoisotopic (exact) mass is 1300 g/mol. The summed E-state index contributed by atoms with van der Waals surface area (Å²) < 4.78 is 0. The molecule has 0 nitrogen and oxygen atoms in total. The Bertz CT molecular complexity index is 3080. The molecule has 0 bridgehead atoms. The topological polar surface area (TPSA) is 0 Å². The van der Waals surface area contributed by atoms with Gasteiger partial charge in [-0.15, -0.1) is 0 Å². The van der Waals surface area contributed by atoms with E-state index >= 15 is 0 Å². The van der Waals surface area contributed by atoms with Crippen LogP contribution in [0.4, 0.5) is 0 Å². The molecule has 0 saturated heterocycles. The highest BCUT2D eigenvalue weighted by Gasteiger charge is 2.22. The summed E-state index contributed by atoms with van der Waals surface area (Å²) in [5.41, 5.74) is 35.1. The predicted molar refractivity (Wildman–Crippen MR) is 435 cm³/mol. The van der Waals surface area contributed by atoms with Gasteiger partial charge in [-0.25, -0.2) is 0 Å². The summed E-state index contributed by atoms with van der Waals surface area (Å²) in [6.07, 6.45) is 2.35. The fraction of sp³-hybridized carbons (Fsp3) is 0.621. The molecule has 0 unspecified atom stereocenters. The number of rotatable bonds is 16. The average Bonchev–Trinajstić information content (AvgIpc) is 0.856. The Morgan fingerprint density at radius 2 is 0.474 bits per heavy atom. The van der Waals surface area contributed by atoms with Crippen molar-refractivity contribution in [3.63, 3.8) is 0 Å². The van der Waals surface area contributed by atoms with Crippen molar-refractivity contribution in [1.82, 2.24) is 0 Å². The van der Waals surface area contributed by atoms with Crippen molar-refractivity contribution in [2.24, 2.45) is 11.3 Å². The van der Waals surface area contributed by atoms with Crippen molar-refractivity contribution in [3.8, 4) is 0 Å². The van der Waals surface area contributed by atoms with Gasteiger partial charge in [0.1, 0.15) is 0 Å². The lowest BCUT2D eigenvalue weighted by Crippen LogP contribution is -2.14. The Kier molecular flexibility index (Phi) is 36.4. The normalized spacial score (nSPS) is 12.0. The predicted octanol–water partition coefficient (Wildman–Crippen LogP) is 31.0. The molecular formula is C95H154. The second-order valence-electron chi connectivity index (χ2n) is 35.6. The molecule has 0 aliphatic rings. The van der Waals surface area contributed by atoms with Gasteiger partial charge >= 0.3 is 0 Å². The highest BCUT2D eigenvalue weighted by Crippen LogP contribution is 2.37. The molecule has 0 aliphatic carbocycles. The zero-order valence-electron chi connectivity index (χ0n) is 70.5. The molecule has 0 heterocycles. The second-order valence-corrected chi connectivity index (χ2v) is 35.6. The van der Waals surface area contributed by atoms with Gasteiger partial charge < -0.3 is 0 Å². The van der Waals surface area contributed by atoms with E-state index in [-0.39, 0.29) is 5.41 Å². The van der Waals surface area contributed by atoms with Crippen LogP contribution < -0.4 is 0 Å².